The van der Waals surface area contributed by atoms with Crippen molar-refractivity contribution in [2.24, 2.45) is 29.5 Å². The molecule has 30 heavy (non-hydrogen) atoms. The van der Waals surface area contributed by atoms with Gasteiger partial charge in [-0.25, -0.2) is 4.68 Å². The maximum absolute atomic E-state index is 10.6. The second-order valence-corrected chi connectivity index (χ2v) is 9.63. The summed E-state index contributed by atoms with van der Waals surface area (Å²) in [4.78, 5) is 12.8. The number of nitrogens with zero attached hydrogens (tertiary/aromatic N) is 3. The molecule has 0 spiro atoms. The van der Waals surface area contributed by atoms with Gasteiger partial charge in [0.2, 0.25) is 5.88 Å². The highest BCUT2D eigenvalue weighted by atomic mass is 16.5. The molecule has 3 N–H and O–H groups in total. The number of aromatic nitrogens is 2. The second kappa shape index (κ2) is 11.7. The minimum atomic E-state index is -0.552. The third-order valence-electron chi connectivity index (χ3n) is 6.52. The predicted molar refractivity (Wildman–Crippen MR) is 122 cm³/mol. The Morgan fingerprint density at radius 3 is 2.30 bits per heavy atom. The molecule has 0 aliphatic heterocycles. The number of hydrogen-bond donors (Lipinski definition) is 2. The number of hydrogen-bond acceptors (Lipinski definition) is 5. The Kier molecular flexibility index (Phi) is 10.3. The molecule has 1 unspecified atom stereocenters. The van der Waals surface area contributed by atoms with Crippen LogP contribution < -0.4 is 10.5 Å². The Labute approximate surface area is 183 Å². The van der Waals surface area contributed by atoms with Crippen LogP contribution in [0.25, 0.3) is 0 Å². The molecule has 174 valence electrons. The van der Waals surface area contributed by atoms with Crippen LogP contribution in [0.3, 0.4) is 0 Å². The smallest absolute Gasteiger partial charge is 0.269 e. The van der Waals surface area contributed by atoms with Crippen molar-refractivity contribution in [1.82, 2.24) is 14.7 Å². The summed E-state index contributed by atoms with van der Waals surface area (Å²) in [5.41, 5.74) is 6.61. The SMILES string of the molecule is CC1(C)C[C@]2(C)CCC1C2.CCCN(CC)CCO.COc1cc(C(N)=O)nn1C. The van der Waals surface area contributed by atoms with E-state index in [1.54, 1.807) is 7.05 Å². The molecule has 0 radical (unpaired) electrons. The molecule has 2 aliphatic rings. The second-order valence-electron chi connectivity index (χ2n) is 9.63. The quantitative estimate of drug-likeness (QED) is 0.699. The van der Waals surface area contributed by atoms with E-state index in [1.165, 1.54) is 50.0 Å². The lowest BCUT2D eigenvalue weighted by Crippen LogP contribution is -2.27. The Hall–Kier alpha value is -1.60. The number of likely N-dealkylation sites (N-methyl/N-ethyl adjacent to an activating group) is 1. The molecule has 7 nitrogen and oxygen atoms in total. The van der Waals surface area contributed by atoms with E-state index in [-0.39, 0.29) is 12.3 Å². The lowest BCUT2D eigenvalue weighted by atomic mass is 9.73. The van der Waals surface area contributed by atoms with Gasteiger partial charge in [0.05, 0.1) is 13.7 Å². The van der Waals surface area contributed by atoms with E-state index in [0.717, 1.165) is 31.0 Å². The van der Waals surface area contributed by atoms with Gasteiger partial charge in [0, 0.05) is 19.7 Å². The molecule has 3 rings (SSSR count). The Bertz CT molecular complexity index is 650. The molecule has 1 amide bonds. The fraction of sp³-hybridized carbons (Fsp3) is 0.826. The summed E-state index contributed by atoms with van der Waals surface area (Å²) in [6.45, 7) is 14.9. The summed E-state index contributed by atoms with van der Waals surface area (Å²) in [5.74, 6) is 1.01. The molecule has 1 aromatic heterocycles. The summed E-state index contributed by atoms with van der Waals surface area (Å²) in [6, 6.07) is 1.49. The number of ether oxygens (including phenoxy) is 1. The first-order chi connectivity index (χ1) is 14.0. The first kappa shape index (κ1) is 26.4. The highest BCUT2D eigenvalue weighted by Gasteiger charge is 2.51. The van der Waals surface area contributed by atoms with E-state index in [0.29, 0.717) is 11.3 Å². The standard InChI is InChI=1S/C10H18.C7H17NO.C6H9N3O2/c1-9(2)7-10(3)5-4-8(9)6-10;1-3-5-8(4-2)6-7-9;1-9-5(11-2)3-4(8-9)6(7)10/h8H,4-7H2,1-3H3;9H,3-7H2,1-2H3;3H,1-2H3,(H2,7,10)/t8?,10-;;/m1../s1. The molecular formula is C23H44N4O3. The maximum Gasteiger partial charge on any atom is 0.269 e. The van der Waals surface area contributed by atoms with Crippen molar-refractivity contribution in [2.45, 2.75) is 66.7 Å². The highest BCUT2D eigenvalue weighted by molar-refractivity contribution is 5.91. The van der Waals surface area contributed by atoms with Gasteiger partial charge in [-0.2, -0.15) is 5.10 Å². The number of carbonyl (C=O) groups is 1. The number of aliphatic hydroxyl groups is 1. The van der Waals surface area contributed by atoms with Crippen LogP contribution in [-0.2, 0) is 7.05 Å². The summed E-state index contributed by atoms with van der Waals surface area (Å²) in [6.07, 6.45) is 7.17. The molecule has 2 bridgehead atoms. The van der Waals surface area contributed by atoms with E-state index in [2.05, 4.69) is 44.6 Å². The normalized spacial score (nSPS) is 23.4. The number of aliphatic hydroxyl groups excluding tert-OH is 1. The van der Waals surface area contributed by atoms with Crippen LogP contribution in [0, 0.1) is 16.7 Å². The zero-order chi connectivity index (χ0) is 22.9. The number of nitrogens with two attached hydrogens (primary N) is 1. The molecule has 1 heterocycles. The largest absolute Gasteiger partial charge is 0.481 e. The van der Waals surface area contributed by atoms with Crippen molar-refractivity contribution in [2.75, 3.05) is 33.4 Å². The van der Waals surface area contributed by atoms with Crippen molar-refractivity contribution in [3.63, 3.8) is 0 Å². The average Bonchev–Trinajstić information content (AvgIpc) is 3.31. The van der Waals surface area contributed by atoms with Crippen molar-refractivity contribution in [1.29, 1.82) is 0 Å². The monoisotopic (exact) mass is 424 g/mol. The molecule has 2 atom stereocenters. The van der Waals surface area contributed by atoms with E-state index >= 15 is 0 Å². The van der Waals surface area contributed by atoms with Crippen LogP contribution in [0.4, 0.5) is 0 Å². The van der Waals surface area contributed by atoms with Crippen molar-refractivity contribution in [3.8, 4) is 5.88 Å². The fourth-order valence-electron chi connectivity index (χ4n) is 5.04. The van der Waals surface area contributed by atoms with Crippen LogP contribution in [0.15, 0.2) is 6.07 Å². The molecule has 0 aromatic carbocycles. The van der Waals surface area contributed by atoms with E-state index < -0.39 is 5.91 Å². The predicted octanol–water partition coefficient (Wildman–Crippen LogP) is 3.46. The van der Waals surface area contributed by atoms with E-state index in [9.17, 15) is 4.79 Å². The first-order valence-corrected chi connectivity index (χ1v) is 11.2. The lowest BCUT2D eigenvalue weighted by molar-refractivity contribution is 0.0995. The molecule has 2 saturated carbocycles. The van der Waals surface area contributed by atoms with Crippen LogP contribution in [0.2, 0.25) is 0 Å². The number of carbonyl (C=O) groups excluding carboxylic acids is 1. The van der Waals surface area contributed by atoms with Gasteiger partial charge in [0.1, 0.15) is 0 Å². The van der Waals surface area contributed by atoms with Gasteiger partial charge in [-0.15, -0.1) is 0 Å². The van der Waals surface area contributed by atoms with E-state index in [4.69, 9.17) is 15.6 Å². The van der Waals surface area contributed by atoms with Gasteiger partial charge in [-0.3, -0.25) is 4.79 Å². The zero-order valence-corrected chi connectivity index (χ0v) is 20.2. The average molecular weight is 425 g/mol. The van der Waals surface area contributed by atoms with Gasteiger partial charge in [-0.1, -0.05) is 34.6 Å². The molecular weight excluding hydrogens is 380 g/mol. The Balaban J connectivity index is 0.000000226. The van der Waals surface area contributed by atoms with Gasteiger partial charge in [0.25, 0.3) is 5.91 Å². The van der Waals surface area contributed by atoms with Gasteiger partial charge >= 0.3 is 0 Å². The first-order valence-electron chi connectivity index (χ1n) is 11.2. The summed E-state index contributed by atoms with van der Waals surface area (Å²) in [7, 11) is 3.17. The molecule has 2 fully saturated rings. The van der Waals surface area contributed by atoms with Crippen LogP contribution in [-0.4, -0.2) is 59.0 Å². The number of fused-ring (bicyclic) bond motifs is 2. The van der Waals surface area contributed by atoms with E-state index in [1.807, 2.05) is 0 Å². The molecule has 1 aromatic rings. The Morgan fingerprint density at radius 1 is 1.37 bits per heavy atom. The number of aryl methyl sites for hydroxylation is 1. The molecule has 7 heteroatoms. The van der Waals surface area contributed by atoms with Crippen molar-refractivity contribution >= 4 is 5.91 Å². The fourth-order valence-corrected chi connectivity index (χ4v) is 5.04. The van der Waals surface area contributed by atoms with Gasteiger partial charge in [-0.05, 0) is 61.9 Å². The van der Waals surface area contributed by atoms with Crippen LogP contribution in [0.1, 0.15) is 77.2 Å². The molecule has 2 aliphatic carbocycles. The third kappa shape index (κ3) is 7.58. The van der Waals surface area contributed by atoms with Gasteiger partial charge in [0.15, 0.2) is 5.69 Å². The van der Waals surface area contributed by atoms with Crippen molar-refractivity contribution < 1.29 is 14.6 Å². The number of rotatable bonds is 7. The third-order valence-corrected chi connectivity index (χ3v) is 6.52. The van der Waals surface area contributed by atoms with Crippen LogP contribution >= 0.6 is 0 Å². The summed E-state index contributed by atoms with van der Waals surface area (Å²) >= 11 is 0. The summed E-state index contributed by atoms with van der Waals surface area (Å²) in [5, 5.41) is 12.4. The number of primary amides is 1. The maximum atomic E-state index is 10.6. The zero-order valence-electron chi connectivity index (χ0n) is 20.2. The lowest BCUT2D eigenvalue weighted by Gasteiger charge is -2.32. The number of methoxy groups -OCH3 is 1. The van der Waals surface area contributed by atoms with Gasteiger partial charge < -0.3 is 20.5 Å². The van der Waals surface area contributed by atoms with Crippen LogP contribution in [0.5, 0.6) is 5.88 Å². The summed E-state index contributed by atoms with van der Waals surface area (Å²) < 4.78 is 6.31. The number of amides is 1. The topological polar surface area (TPSA) is 93.6 Å². The minimum absolute atomic E-state index is 0.212. The minimum Gasteiger partial charge on any atom is -0.481 e. The Morgan fingerprint density at radius 2 is 2.03 bits per heavy atom. The molecule has 0 saturated heterocycles. The highest BCUT2D eigenvalue weighted by Crippen LogP contribution is 2.62. The van der Waals surface area contributed by atoms with Crippen molar-refractivity contribution in [3.05, 3.63) is 11.8 Å².